The minimum atomic E-state index is -0.308. The Hall–Kier alpha value is -2.73. The van der Waals surface area contributed by atoms with E-state index in [1.165, 1.54) is 12.5 Å². The van der Waals surface area contributed by atoms with Crippen molar-refractivity contribution in [1.29, 1.82) is 0 Å². The van der Waals surface area contributed by atoms with Gasteiger partial charge in [0.15, 0.2) is 11.5 Å². The highest BCUT2D eigenvalue weighted by molar-refractivity contribution is 5.69. The summed E-state index contributed by atoms with van der Waals surface area (Å²) >= 11 is 0. The Labute approximate surface area is 181 Å². The van der Waals surface area contributed by atoms with Gasteiger partial charge in [0.1, 0.15) is 5.75 Å². The third-order valence-corrected chi connectivity index (χ3v) is 4.50. The van der Waals surface area contributed by atoms with Crippen molar-refractivity contribution in [3.8, 4) is 17.2 Å². The van der Waals surface area contributed by atoms with E-state index in [4.69, 9.17) is 14.2 Å². The Morgan fingerprint density at radius 3 is 2.10 bits per heavy atom. The topological polar surface area (TPSA) is 51.2 Å². The number of nitrogens with zero attached hydrogens (tertiary/aromatic N) is 2. The molecule has 2 aromatic rings. The largest absolute Gasteiger partial charge is 0.493 e. The van der Waals surface area contributed by atoms with Gasteiger partial charge >= 0.3 is 5.97 Å². The van der Waals surface area contributed by atoms with Gasteiger partial charge in [0.2, 0.25) is 0 Å². The Bertz CT molecular complexity index is 762. The van der Waals surface area contributed by atoms with E-state index in [0.29, 0.717) is 5.75 Å². The van der Waals surface area contributed by atoms with Crippen molar-refractivity contribution in [3.05, 3.63) is 48.0 Å². The molecule has 0 spiro atoms. The lowest BCUT2D eigenvalue weighted by Crippen LogP contribution is -2.33. The number of carbonyl (C=O) groups is 1. The van der Waals surface area contributed by atoms with Crippen LogP contribution in [-0.2, 0) is 11.3 Å². The van der Waals surface area contributed by atoms with Crippen LogP contribution in [0.1, 0.15) is 33.3 Å². The molecule has 2 aromatic carbocycles. The fourth-order valence-electron chi connectivity index (χ4n) is 3.02. The van der Waals surface area contributed by atoms with Crippen LogP contribution in [0.2, 0.25) is 0 Å². The molecule has 0 aliphatic carbocycles. The van der Waals surface area contributed by atoms with Crippen LogP contribution in [0.5, 0.6) is 17.2 Å². The summed E-state index contributed by atoms with van der Waals surface area (Å²) in [6.45, 7) is 11.1. The van der Waals surface area contributed by atoms with Gasteiger partial charge in [0.05, 0.1) is 14.2 Å². The zero-order chi connectivity index (χ0) is 22.5. The normalized spacial score (nSPS) is 10.1. The van der Waals surface area contributed by atoms with Crippen LogP contribution < -0.4 is 19.1 Å². The minimum Gasteiger partial charge on any atom is -0.493 e. The average Bonchev–Trinajstić information content (AvgIpc) is 2.76. The van der Waals surface area contributed by atoms with Crippen LogP contribution in [0.25, 0.3) is 0 Å². The van der Waals surface area contributed by atoms with Gasteiger partial charge < -0.3 is 24.0 Å². The summed E-state index contributed by atoms with van der Waals surface area (Å²) in [5, 5.41) is 0. The number of anilines is 1. The molecule has 0 atom stereocenters. The molecule has 0 fully saturated rings. The maximum absolute atomic E-state index is 11.0. The van der Waals surface area contributed by atoms with Crippen molar-refractivity contribution in [2.45, 2.75) is 34.2 Å². The quantitative estimate of drug-likeness (QED) is 0.416. The van der Waals surface area contributed by atoms with Crippen molar-refractivity contribution in [1.82, 2.24) is 4.90 Å². The van der Waals surface area contributed by atoms with E-state index in [2.05, 4.69) is 29.8 Å². The van der Waals surface area contributed by atoms with E-state index in [1.807, 2.05) is 50.2 Å². The molecule has 0 aromatic heterocycles. The monoisotopic (exact) mass is 416 g/mol. The van der Waals surface area contributed by atoms with Crippen molar-refractivity contribution < 1.29 is 19.0 Å². The second kappa shape index (κ2) is 13.5. The van der Waals surface area contributed by atoms with Crippen LogP contribution in [0.3, 0.4) is 0 Å². The number of rotatable bonds is 10. The Kier molecular flexibility index (Phi) is 11.4. The molecule has 0 bridgehead atoms. The van der Waals surface area contributed by atoms with Gasteiger partial charge in [-0.25, -0.2) is 0 Å². The van der Waals surface area contributed by atoms with Gasteiger partial charge in [-0.1, -0.05) is 19.9 Å². The first kappa shape index (κ1) is 25.3. The Balaban J connectivity index is 0.00000218. The molecule has 0 amide bonds. The summed E-state index contributed by atoms with van der Waals surface area (Å²) < 4.78 is 15.8. The molecule has 30 heavy (non-hydrogen) atoms. The van der Waals surface area contributed by atoms with E-state index >= 15 is 0 Å². The molecular formula is C24H36N2O4. The minimum absolute atomic E-state index is 0.308. The van der Waals surface area contributed by atoms with Crippen LogP contribution in [0, 0.1) is 0 Å². The van der Waals surface area contributed by atoms with Gasteiger partial charge in [0.25, 0.3) is 0 Å². The van der Waals surface area contributed by atoms with Crippen molar-refractivity contribution >= 4 is 11.7 Å². The second-order valence-corrected chi connectivity index (χ2v) is 6.59. The molecule has 0 unspecified atom stereocenters. The standard InChI is InChI=1S/C22H30N2O4.C2H6/c1-6-24(19-8-10-20(11-9-19)28-17(2)25)14-13-23(3)16-18-7-12-21(26-4)22(15-18)27-5;1-2/h7-12,15H,6,13-14,16H2,1-5H3;1-2H3. The lowest BCUT2D eigenvalue weighted by molar-refractivity contribution is -0.131. The first-order chi connectivity index (χ1) is 14.5. The number of ether oxygens (including phenoxy) is 3. The third kappa shape index (κ3) is 7.95. The van der Waals surface area contributed by atoms with E-state index in [0.717, 1.165) is 43.4 Å². The molecule has 2 rings (SSSR count). The maximum Gasteiger partial charge on any atom is 0.308 e. The fraction of sp³-hybridized carbons (Fsp3) is 0.458. The SMILES string of the molecule is CC.CCN(CCN(C)Cc1ccc(OC)c(OC)c1)c1ccc(OC(C)=O)cc1. The summed E-state index contributed by atoms with van der Waals surface area (Å²) in [6.07, 6.45) is 0. The number of benzene rings is 2. The third-order valence-electron chi connectivity index (χ3n) is 4.50. The van der Waals surface area contributed by atoms with E-state index in [1.54, 1.807) is 14.2 Å². The number of methoxy groups -OCH3 is 2. The number of hydrogen-bond donors (Lipinski definition) is 0. The maximum atomic E-state index is 11.0. The zero-order valence-electron chi connectivity index (χ0n) is 19.4. The summed E-state index contributed by atoms with van der Waals surface area (Å²) in [5.41, 5.74) is 2.28. The Morgan fingerprint density at radius 2 is 1.57 bits per heavy atom. The van der Waals surface area contributed by atoms with Crippen LogP contribution >= 0.6 is 0 Å². The predicted molar refractivity (Wildman–Crippen MR) is 123 cm³/mol. The van der Waals surface area contributed by atoms with Gasteiger partial charge in [-0.2, -0.15) is 0 Å². The molecule has 0 aliphatic heterocycles. The van der Waals surface area contributed by atoms with Crippen LogP contribution in [0.4, 0.5) is 5.69 Å². The molecule has 0 heterocycles. The first-order valence-electron chi connectivity index (χ1n) is 10.4. The van der Waals surface area contributed by atoms with Crippen molar-refractivity contribution in [2.24, 2.45) is 0 Å². The summed E-state index contributed by atoms with van der Waals surface area (Å²) in [4.78, 5) is 15.6. The highest BCUT2D eigenvalue weighted by atomic mass is 16.5. The number of likely N-dealkylation sites (N-methyl/N-ethyl adjacent to an activating group) is 2. The molecule has 0 N–H and O–H groups in total. The molecule has 6 nitrogen and oxygen atoms in total. The number of esters is 1. The molecule has 0 radical (unpaired) electrons. The van der Waals surface area contributed by atoms with E-state index < -0.39 is 0 Å². The zero-order valence-corrected chi connectivity index (χ0v) is 19.4. The number of carbonyl (C=O) groups excluding carboxylic acids is 1. The van der Waals surface area contributed by atoms with Crippen molar-refractivity contribution in [3.63, 3.8) is 0 Å². The Morgan fingerprint density at radius 1 is 0.933 bits per heavy atom. The van der Waals surface area contributed by atoms with Gasteiger partial charge in [-0.3, -0.25) is 4.79 Å². The van der Waals surface area contributed by atoms with Crippen LogP contribution in [0.15, 0.2) is 42.5 Å². The van der Waals surface area contributed by atoms with E-state index in [9.17, 15) is 4.79 Å². The summed E-state index contributed by atoms with van der Waals surface area (Å²) in [7, 11) is 5.40. The molecule has 0 saturated heterocycles. The first-order valence-corrected chi connectivity index (χ1v) is 10.4. The van der Waals surface area contributed by atoms with Crippen LogP contribution in [-0.4, -0.2) is 51.8 Å². The average molecular weight is 417 g/mol. The van der Waals surface area contributed by atoms with Gasteiger partial charge in [-0.05, 0) is 55.9 Å². The molecule has 166 valence electrons. The van der Waals surface area contributed by atoms with Crippen molar-refractivity contribution in [2.75, 3.05) is 45.8 Å². The second-order valence-electron chi connectivity index (χ2n) is 6.59. The van der Waals surface area contributed by atoms with E-state index in [-0.39, 0.29) is 5.97 Å². The smallest absolute Gasteiger partial charge is 0.308 e. The summed E-state index contributed by atoms with van der Waals surface area (Å²) in [6, 6.07) is 13.6. The predicted octanol–water partition coefficient (Wildman–Crippen LogP) is 4.61. The van der Waals surface area contributed by atoms with Gasteiger partial charge in [-0.15, -0.1) is 0 Å². The highest BCUT2D eigenvalue weighted by Crippen LogP contribution is 2.28. The fourth-order valence-corrected chi connectivity index (χ4v) is 3.02. The lowest BCUT2D eigenvalue weighted by Gasteiger charge is -2.26. The molecule has 6 heteroatoms. The van der Waals surface area contributed by atoms with Gasteiger partial charge in [0, 0.05) is 38.8 Å². The molecule has 0 aliphatic rings. The highest BCUT2D eigenvalue weighted by Gasteiger charge is 2.09. The molecule has 0 saturated carbocycles. The summed E-state index contributed by atoms with van der Waals surface area (Å²) in [5.74, 6) is 1.74. The lowest BCUT2D eigenvalue weighted by atomic mass is 10.2. The molecular weight excluding hydrogens is 380 g/mol. The number of hydrogen-bond acceptors (Lipinski definition) is 6.